The van der Waals surface area contributed by atoms with Gasteiger partial charge >= 0.3 is 0 Å². The van der Waals surface area contributed by atoms with Crippen molar-refractivity contribution in [1.82, 2.24) is 9.55 Å². The van der Waals surface area contributed by atoms with Crippen LogP contribution in [-0.2, 0) is 6.54 Å². The van der Waals surface area contributed by atoms with Crippen molar-refractivity contribution in [1.29, 1.82) is 0 Å². The Kier molecular flexibility index (Phi) is 4.52. The second-order valence-corrected chi connectivity index (χ2v) is 3.97. The van der Waals surface area contributed by atoms with E-state index >= 15 is 0 Å². The number of aromatic nitrogens is 2. The van der Waals surface area contributed by atoms with E-state index in [1.165, 1.54) is 6.20 Å². The first-order valence-corrected chi connectivity index (χ1v) is 5.49. The molecule has 0 aliphatic carbocycles. The van der Waals surface area contributed by atoms with E-state index in [0.29, 0.717) is 11.0 Å². The Bertz CT molecular complexity index is 326. The Morgan fingerprint density at radius 3 is 3.00 bits per heavy atom. The first-order valence-electron chi connectivity index (χ1n) is 4.06. The molecule has 1 rings (SSSR count). The number of halogens is 1. The van der Waals surface area contributed by atoms with Gasteiger partial charge in [0.1, 0.15) is 4.47 Å². The minimum atomic E-state index is -0.0193. The minimum absolute atomic E-state index is 0.0193. The van der Waals surface area contributed by atoms with Crippen molar-refractivity contribution in [2.24, 2.45) is 0 Å². The van der Waals surface area contributed by atoms with E-state index in [4.69, 9.17) is 0 Å². The Morgan fingerprint density at radius 1 is 1.54 bits per heavy atom. The molecule has 0 radical (unpaired) electrons. The molecule has 13 heavy (non-hydrogen) atoms. The third kappa shape index (κ3) is 3.15. The minimum Gasteiger partial charge on any atom is -0.298 e. The largest absolute Gasteiger partial charge is 0.298 e. The van der Waals surface area contributed by atoms with Crippen LogP contribution in [0, 0.1) is 0 Å². The van der Waals surface area contributed by atoms with Crippen LogP contribution in [0.2, 0.25) is 0 Å². The van der Waals surface area contributed by atoms with Crippen molar-refractivity contribution in [2.45, 2.75) is 19.4 Å². The fraction of sp³-hybridized carbons (Fsp3) is 0.500. The highest BCUT2D eigenvalue weighted by molar-refractivity contribution is 9.10. The molecule has 0 amide bonds. The van der Waals surface area contributed by atoms with Crippen LogP contribution in [0.5, 0.6) is 0 Å². The maximum absolute atomic E-state index is 11.4. The molecule has 3 nitrogen and oxygen atoms in total. The summed E-state index contributed by atoms with van der Waals surface area (Å²) in [4.78, 5) is 15.3. The molecule has 5 heteroatoms. The van der Waals surface area contributed by atoms with Gasteiger partial charge in [0.2, 0.25) is 0 Å². The number of hydrogen-bond acceptors (Lipinski definition) is 3. The highest BCUT2D eigenvalue weighted by Crippen LogP contribution is 1.99. The van der Waals surface area contributed by atoms with Crippen LogP contribution in [0.4, 0.5) is 0 Å². The van der Waals surface area contributed by atoms with Gasteiger partial charge in [-0.15, -0.1) is 0 Å². The molecular formula is C8H11BrN2OS. The van der Waals surface area contributed by atoms with Gasteiger partial charge in [0.05, 0.1) is 6.33 Å². The summed E-state index contributed by atoms with van der Waals surface area (Å²) in [6.45, 7) is 0.714. The van der Waals surface area contributed by atoms with E-state index < -0.39 is 0 Å². The van der Waals surface area contributed by atoms with E-state index in [2.05, 4.69) is 33.5 Å². The average Bonchev–Trinajstić information content (AvgIpc) is 2.13. The Hall–Kier alpha value is -0.290. The van der Waals surface area contributed by atoms with Gasteiger partial charge in [-0.25, -0.2) is 4.98 Å². The van der Waals surface area contributed by atoms with Crippen molar-refractivity contribution in [3.63, 3.8) is 0 Å². The standard InChI is InChI=1S/C8H11BrN2OS/c9-7-5-10-6-11(8(7)12)3-1-2-4-13/h5-6,13H,1-4H2. The number of nitrogens with zero attached hydrogens (tertiary/aromatic N) is 2. The van der Waals surface area contributed by atoms with E-state index in [9.17, 15) is 4.79 Å². The summed E-state index contributed by atoms with van der Waals surface area (Å²) in [5, 5.41) is 0. The van der Waals surface area contributed by atoms with Crippen LogP contribution in [-0.4, -0.2) is 15.3 Å². The summed E-state index contributed by atoms with van der Waals surface area (Å²) in [6.07, 6.45) is 5.05. The molecule has 0 aliphatic heterocycles. The second kappa shape index (κ2) is 5.44. The van der Waals surface area contributed by atoms with E-state index in [1.54, 1.807) is 10.9 Å². The molecule has 1 aromatic rings. The molecular weight excluding hydrogens is 252 g/mol. The lowest BCUT2D eigenvalue weighted by atomic mass is 10.3. The van der Waals surface area contributed by atoms with Crippen LogP contribution in [0.15, 0.2) is 21.8 Å². The predicted molar refractivity (Wildman–Crippen MR) is 59.3 cm³/mol. The van der Waals surface area contributed by atoms with Gasteiger partial charge in [0.25, 0.3) is 5.56 Å². The van der Waals surface area contributed by atoms with Crippen molar-refractivity contribution in [2.75, 3.05) is 5.75 Å². The van der Waals surface area contributed by atoms with Crippen LogP contribution >= 0.6 is 28.6 Å². The fourth-order valence-corrected chi connectivity index (χ4v) is 1.55. The molecule has 0 aromatic carbocycles. The maximum atomic E-state index is 11.4. The molecule has 0 fully saturated rings. The highest BCUT2D eigenvalue weighted by Gasteiger charge is 1.99. The van der Waals surface area contributed by atoms with Crippen LogP contribution in [0.3, 0.4) is 0 Å². The molecule has 72 valence electrons. The summed E-state index contributed by atoms with van der Waals surface area (Å²) in [5.74, 6) is 0.857. The monoisotopic (exact) mass is 262 g/mol. The molecule has 0 spiro atoms. The number of thiol groups is 1. The molecule has 0 aliphatic rings. The van der Waals surface area contributed by atoms with E-state index in [-0.39, 0.29) is 5.56 Å². The summed E-state index contributed by atoms with van der Waals surface area (Å²) < 4.78 is 2.12. The molecule has 0 bridgehead atoms. The smallest absolute Gasteiger partial charge is 0.267 e. The third-order valence-corrected chi connectivity index (χ3v) is 2.53. The van der Waals surface area contributed by atoms with Gasteiger partial charge in [-0.1, -0.05) is 0 Å². The fourth-order valence-electron chi connectivity index (χ4n) is 0.977. The quantitative estimate of drug-likeness (QED) is 0.663. The van der Waals surface area contributed by atoms with Crippen LogP contribution in [0.25, 0.3) is 0 Å². The molecule has 0 unspecified atom stereocenters. The molecule has 0 saturated carbocycles. The highest BCUT2D eigenvalue weighted by atomic mass is 79.9. The summed E-state index contributed by atoms with van der Waals surface area (Å²) in [7, 11) is 0. The average molecular weight is 263 g/mol. The van der Waals surface area contributed by atoms with E-state index in [1.807, 2.05) is 0 Å². The molecule has 0 N–H and O–H groups in total. The SMILES string of the molecule is O=c1c(Br)cncn1CCCCS. The zero-order valence-corrected chi connectivity index (χ0v) is 9.59. The molecule has 0 saturated heterocycles. The first kappa shape index (κ1) is 10.8. The predicted octanol–water partition coefficient (Wildman–Crippen LogP) is 1.72. The molecule has 0 atom stereocenters. The zero-order chi connectivity index (χ0) is 9.68. The maximum Gasteiger partial charge on any atom is 0.267 e. The van der Waals surface area contributed by atoms with Gasteiger partial charge < -0.3 is 0 Å². The topological polar surface area (TPSA) is 34.9 Å². The molecule has 1 aromatic heterocycles. The Morgan fingerprint density at radius 2 is 2.31 bits per heavy atom. The van der Waals surface area contributed by atoms with Crippen molar-refractivity contribution >= 4 is 28.6 Å². The van der Waals surface area contributed by atoms with Crippen molar-refractivity contribution in [3.05, 3.63) is 27.4 Å². The second-order valence-electron chi connectivity index (χ2n) is 2.67. The lowest BCUT2D eigenvalue weighted by Gasteiger charge is -2.03. The Labute approximate surface area is 90.7 Å². The third-order valence-electron chi connectivity index (χ3n) is 1.67. The summed E-state index contributed by atoms with van der Waals surface area (Å²) in [6, 6.07) is 0. The van der Waals surface area contributed by atoms with Gasteiger partial charge in [-0.2, -0.15) is 12.6 Å². The number of aryl methyl sites for hydroxylation is 1. The first-order chi connectivity index (χ1) is 6.25. The number of hydrogen-bond donors (Lipinski definition) is 1. The van der Waals surface area contributed by atoms with Gasteiger partial charge in [0.15, 0.2) is 0 Å². The Balaban J connectivity index is 2.67. The van der Waals surface area contributed by atoms with E-state index in [0.717, 1.165) is 18.6 Å². The summed E-state index contributed by atoms with van der Waals surface area (Å²) in [5.41, 5.74) is -0.0193. The number of unbranched alkanes of at least 4 members (excludes halogenated alkanes) is 1. The van der Waals surface area contributed by atoms with Crippen molar-refractivity contribution in [3.8, 4) is 0 Å². The number of rotatable bonds is 4. The van der Waals surface area contributed by atoms with Gasteiger partial charge in [-0.05, 0) is 34.5 Å². The summed E-state index contributed by atoms with van der Waals surface area (Å²) >= 11 is 7.25. The lowest BCUT2D eigenvalue weighted by molar-refractivity contribution is 0.603. The zero-order valence-electron chi connectivity index (χ0n) is 7.11. The van der Waals surface area contributed by atoms with Gasteiger partial charge in [-0.3, -0.25) is 9.36 Å². The van der Waals surface area contributed by atoms with Crippen LogP contribution < -0.4 is 5.56 Å². The lowest BCUT2D eigenvalue weighted by Crippen LogP contribution is -2.20. The molecule has 1 heterocycles. The van der Waals surface area contributed by atoms with Crippen molar-refractivity contribution < 1.29 is 0 Å². The van der Waals surface area contributed by atoms with Gasteiger partial charge in [0, 0.05) is 12.7 Å². The van der Waals surface area contributed by atoms with Crippen LogP contribution in [0.1, 0.15) is 12.8 Å². The normalized spacial score (nSPS) is 10.3.